The molecule has 0 spiro atoms. The third-order valence-electron chi connectivity index (χ3n) is 5.65. The van der Waals surface area contributed by atoms with Gasteiger partial charge in [-0.3, -0.25) is 0 Å². The molecule has 0 saturated heterocycles. The van der Waals surface area contributed by atoms with E-state index in [4.69, 9.17) is 57.0 Å². The highest BCUT2D eigenvalue weighted by molar-refractivity contribution is 7.80. The van der Waals surface area contributed by atoms with Crippen molar-refractivity contribution in [3.05, 3.63) is 51.5 Å². The van der Waals surface area contributed by atoms with Gasteiger partial charge in [-0.2, -0.15) is 4.98 Å². The van der Waals surface area contributed by atoms with Crippen molar-refractivity contribution in [1.82, 2.24) is 15.3 Å². The fourth-order valence-corrected chi connectivity index (χ4v) is 5.21. The maximum absolute atomic E-state index is 6.24. The third kappa shape index (κ3) is 5.90. The lowest BCUT2D eigenvalue weighted by Gasteiger charge is -2.30. The molecule has 10 heteroatoms. The van der Waals surface area contributed by atoms with Crippen molar-refractivity contribution in [2.24, 2.45) is 0 Å². The van der Waals surface area contributed by atoms with Crippen molar-refractivity contribution in [2.45, 2.75) is 37.8 Å². The number of para-hydroxylation sites is 1. The van der Waals surface area contributed by atoms with E-state index in [1.807, 2.05) is 43.3 Å². The van der Waals surface area contributed by atoms with Crippen molar-refractivity contribution < 1.29 is 0 Å². The fourth-order valence-electron chi connectivity index (χ4n) is 4.03. The molecule has 1 saturated carbocycles. The number of aromatic nitrogens is 2. The van der Waals surface area contributed by atoms with Crippen molar-refractivity contribution in [2.75, 3.05) is 29.6 Å². The van der Waals surface area contributed by atoms with E-state index >= 15 is 0 Å². The summed E-state index contributed by atoms with van der Waals surface area (Å²) in [6, 6.07) is 11.9. The number of hydrogen-bond acceptors (Lipinski definition) is 5. The van der Waals surface area contributed by atoms with Crippen LogP contribution in [0, 0.1) is 0 Å². The molecule has 0 unspecified atom stereocenters. The summed E-state index contributed by atoms with van der Waals surface area (Å²) in [5.74, 6) is 1.58. The minimum Gasteiger partial charge on any atom is -0.362 e. The first-order chi connectivity index (χ1) is 15.8. The van der Waals surface area contributed by atoms with Crippen LogP contribution in [-0.2, 0) is 0 Å². The first-order valence-electron chi connectivity index (χ1n) is 10.7. The number of thiocarbonyl (C=S) groups is 1. The summed E-state index contributed by atoms with van der Waals surface area (Å²) in [5.41, 5.74) is 1.49. The van der Waals surface area contributed by atoms with E-state index in [0.29, 0.717) is 37.9 Å². The van der Waals surface area contributed by atoms with Crippen LogP contribution in [0.15, 0.2) is 36.4 Å². The van der Waals surface area contributed by atoms with Crippen LogP contribution in [-0.4, -0.2) is 41.3 Å². The van der Waals surface area contributed by atoms with Crippen LogP contribution < -0.4 is 20.9 Å². The summed E-state index contributed by atoms with van der Waals surface area (Å²) in [4.78, 5) is 11.5. The number of halogens is 3. The van der Waals surface area contributed by atoms with Gasteiger partial charge in [0, 0.05) is 36.6 Å². The van der Waals surface area contributed by atoms with Crippen molar-refractivity contribution in [1.29, 1.82) is 0 Å². The van der Waals surface area contributed by atoms with Crippen molar-refractivity contribution >= 4 is 80.5 Å². The van der Waals surface area contributed by atoms with E-state index in [-0.39, 0.29) is 6.04 Å². The molecule has 0 bridgehead atoms. The predicted molar refractivity (Wildman–Crippen MR) is 144 cm³/mol. The highest BCUT2D eigenvalue weighted by Gasteiger charge is 2.23. The van der Waals surface area contributed by atoms with Gasteiger partial charge in [0.2, 0.25) is 5.95 Å². The number of hydrogen-bond donors (Lipinski definition) is 3. The first-order valence-corrected chi connectivity index (χ1v) is 12.3. The van der Waals surface area contributed by atoms with Crippen LogP contribution in [0.3, 0.4) is 0 Å². The Bertz CT molecular complexity index is 1140. The summed E-state index contributed by atoms with van der Waals surface area (Å²) in [7, 11) is 3.99. The van der Waals surface area contributed by atoms with E-state index < -0.39 is 0 Å². The number of nitrogens with zero attached hydrogens (tertiary/aromatic N) is 3. The van der Waals surface area contributed by atoms with Gasteiger partial charge in [-0.25, -0.2) is 4.98 Å². The molecule has 1 aliphatic carbocycles. The van der Waals surface area contributed by atoms with Gasteiger partial charge in [0.05, 0.1) is 21.2 Å². The van der Waals surface area contributed by atoms with Gasteiger partial charge >= 0.3 is 0 Å². The highest BCUT2D eigenvalue weighted by Crippen LogP contribution is 2.34. The minimum absolute atomic E-state index is 0.266. The second-order valence-electron chi connectivity index (χ2n) is 8.32. The average molecular weight is 524 g/mol. The zero-order chi connectivity index (χ0) is 23.5. The number of benzene rings is 2. The zero-order valence-corrected chi connectivity index (χ0v) is 21.4. The molecule has 1 aliphatic rings. The van der Waals surface area contributed by atoms with Gasteiger partial charge in [-0.15, -0.1) is 0 Å². The van der Waals surface area contributed by atoms with E-state index in [9.17, 15) is 0 Å². The topological polar surface area (TPSA) is 65.1 Å². The van der Waals surface area contributed by atoms with E-state index in [2.05, 4.69) is 16.0 Å². The average Bonchev–Trinajstić information content (AvgIpc) is 2.77. The van der Waals surface area contributed by atoms with Crippen molar-refractivity contribution in [3.8, 4) is 0 Å². The lowest BCUT2D eigenvalue weighted by Crippen LogP contribution is -2.42. The predicted octanol–water partition coefficient (Wildman–Crippen LogP) is 6.37. The highest BCUT2D eigenvalue weighted by atomic mass is 35.5. The van der Waals surface area contributed by atoms with E-state index in [0.717, 1.165) is 42.4 Å². The van der Waals surface area contributed by atoms with Gasteiger partial charge in [0.15, 0.2) is 5.11 Å². The molecule has 3 aromatic rings. The Kier molecular flexibility index (Phi) is 7.64. The largest absolute Gasteiger partial charge is 0.362 e. The molecule has 4 rings (SSSR count). The Labute approximate surface area is 214 Å². The quantitative estimate of drug-likeness (QED) is 0.336. The summed E-state index contributed by atoms with van der Waals surface area (Å²) >= 11 is 23.9. The number of nitrogens with one attached hydrogen (secondary N) is 3. The normalized spacial score (nSPS) is 18.1. The number of rotatable bonds is 5. The maximum Gasteiger partial charge on any atom is 0.225 e. The van der Waals surface area contributed by atoms with Crippen LogP contribution in [0.2, 0.25) is 15.1 Å². The van der Waals surface area contributed by atoms with Crippen molar-refractivity contribution in [3.63, 3.8) is 0 Å². The Hall–Kier alpha value is -2.06. The van der Waals surface area contributed by atoms with E-state index in [1.165, 1.54) is 0 Å². The summed E-state index contributed by atoms with van der Waals surface area (Å²) in [6.07, 6.45) is 3.90. The van der Waals surface area contributed by atoms with Crippen LogP contribution in [0.5, 0.6) is 0 Å². The zero-order valence-electron chi connectivity index (χ0n) is 18.3. The molecule has 2 aromatic carbocycles. The molecule has 174 valence electrons. The van der Waals surface area contributed by atoms with Gasteiger partial charge in [0.25, 0.3) is 0 Å². The second kappa shape index (κ2) is 10.5. The molecule has 0 atom stereocenters. The molecular weight excluding hydrogens is 499 g/mol. The molecule has 1 fully saturated rings. The van der Waals surface area contributed by atoms with Crippen LogP contribution in [0.1, 0.15) is 25.7 Å². The van der Waals surface area contributed by atoms with Gasteiger partial charge in [-0.1, -0.05) is 46.9 Å². The standard InChI is InChI=1S/C23H25Cl3N6S/c1-32(2)21-16-5-3-4-6-19(16)29-22(31-21)27-14-7-9-15(10-8-14)28-23(33)30-20-17(25)11-13(24)12-18(20)26/h3-6,11-12,14-15H,7-10H2,1-2H3,(H,27,29,31)(H2,28,30,33). The van der Waals surface area contributed by atoms with Crippen LogP contribution >= 0.6 is 47.0 Å². The molecule has 0 radical (unpaired) electrons. The summed E-state index contributed by atoms with van der Waals surface area (Å²) < 4.78 is 0. The molecule has 6 nitrogen and oxygen atoms in total. The van der Waals surface area contributed by atoms with E-state index in [1.54, 1.807) is 12.1 Å². The molecule has 1 heterocycles. The summed E-state index contributed by atoms with van der Waals surface area (Å²) in [5, 5.41) is 12.9. The molecule has 33 heavy (non-hydrogen) atoms. The Morgan fingerprint density at radius 2 is 1.61 bits per heavy atom. The van der Waals surface area contributed by atoms with Crippen LogP contribution in [0.25, 0.3) is 10.9 Å². The Balaban J connectivity index is 1.34. The molecule has 3 N–H and O–H groups in total. The molecule has 0 aliphatic heterocycles. The third-order valence-corrected chi connectivity index (χ3v) is 6.68. The minimum atomic E-state index is 0.266. The van der Waals surface area contributed by atoms with Gasteiger partial charge in [-0.05, 0) is 62.2 Å². The Morgan fingerprint density at radius 1 is 0.970 bits per heavy atom. The second-order valence-corrected chi connectivity index (χ2v) is 9.98. The fraction of sp³-hybridized carbons (Fsp3) is 0.348. The maximum atomic E-state index is 6.24. The van der Waals surface area contributed by atoms with Gasteiger partial charge in [0.1, 0.15) is 5.82 Å². The number of anilines is 3. The Morgan fingerprint density at radius 3 is 2.27 bits per heavy atom. The lowest BCUT2D eigenvalue weighted by molar-refractivity contribution is 0.387. The monoisotopic (exact) mass is 522 g/mol. The summed E-state index contributed by atoms with van der Waals surface area (Å²) in [6.45, 7) is 0. The number of fused-ring (bicyclic) bond motifs is 1. The smallest absolute Gasteiger partial charge is 0.225 e. The SMILES string of the molecule is CN(C)c1nc(NC2CCC(NC(=S)Nc3c(Cl)cc(Cl)cc3Cl)CC2)nc2ccccc12. The molecule has 1 aromatic heterocycles. The molecule has 0 amide bonds. The molecular formula is C23H25Cl3N6S. The lowest BCUT2D eigenvalue weighted by atomic mass is 9.91. The van der Waals surface area contributed by atoms with Gasteiger partial charge < -0.3 is 20.9 Å². The first kappa shape index (κ1) is 24.1. The van der Waals surface area contributed by atoms with Crippen LogP contribution in [0.4, 0.5) is 17.5 Å².